The van der Waals surface area contributed by atoms with Crippen LogP contribution in [0.15, 0.2) is 18.2 Å². The molecule has 0 radical (unpaired) electrons. The maximum absolute atomic E-state index is 11.5. The minimum atomic E-state index is -0.248. The highest BCUT2D eigenvalue weighted by atomic mass is 16.5. The van der Waals surface area contributed by atoms with E-state index in [9.17, 15) is 4.79 Å². The number of esters is 1. The molecule has 1 aliphatic rings. The maximum atomic E-state index is 11.5. The summed E-state index contributed by atoms with van der Waals surface area (Å²) in [6, 6.07) is 5.98. The highest BCUT2D eigenvalue weighted by Crippen LogP contribution is 2.35. The molecule has 1 aromatic rings. The van der Waals surface area contributed by atoms with Crippen LogP contribution in [0, 0.1) is 0 Å². The smallest absolute Gasteiger partial charge is 0.337 e. The first-order valence-corrected chi connectivity index (χ1v) is 6.67. The van der Waals surface area contributed by atoms with Crippen molar-refractivity contribution in [3.05, 3.63) is 34.9 Å². The van der Waals surface area contributed by atoms with Gasteiger partial charge in [-0.05, 0) is 67.8 Å². The zero-order chi connectivity index (χ0) is 13.0. The normalized spacial score (nSPS) is 18.2. The molecular formula is C15H21NO2. The van der Waals surface area contributed by atoms with Gasteiger partial charge in [0.1, 0.15) is 0 Å². The summed E-state index contributed by atoms with van der Waals surface area (Å²) in [5.74, 6) is 0.367. The molecule has 0 saturated heterocycles. The largest absolute Gasteiger partial charge is 0.465 e. The number of rotatable bonds is 4. The SMILES string of the molecule is COC(=O)c1ccc2c(c1)CCC[C@@H]2CCCN. The van der Waals surface area contributed by atoms with Crippen molar-refractivity contribution in [3.63, 3.8) is 0 Å². The molecule has 1 atom stereocenters. The molecule has 2 rings (SSSR count). The number of hydrogen-bond donors (Lipinski definition) is 1. The Bertz CT molecular complexity index is 429. The Kier molecular flexibility index (Phi) is 4.37. The number of nitrogens with two attached hydrogens (primary N) is 1. The van der Waals surface area contributed by atoms with Crippen LogP contribution in [0.1, 0.15) is 53.1 Å². The number of methoxy groups -OCH3 is 1. The number of benzene rings is 1. The van der Waals surface area contributed by atoms with E-state index in [1.807, 2.05) is 12.1 Å². The average molecular weight is 247 g/mol. The van der Waals surface area contributed by atoms with E-state index in [4.69, 9.17) is 10.5 Å². The van der Waals surface area contributed by atoms with Crippen LogP contribution in [-0.2, 0) is 11.2 Å². The van der Waals surface area contributed by atoms with Crippen molar-refractivity contribution in [2.24, 2.45) is 5.73 Å². The van der Waals surface area contributed by atoms with Crippen molar-refractivity contribution in [2.45, 2.75) is 38.0 Å². The van der Waals surface area contributed by atoms with Crippen molar-refractivity contribution in [1.29, 1.82) is 0 Å². The number of aryl methyl sites for hydroxylation is 1. The molecule has 0 amide bonds. The molecule has 3 heteroatoms. The van der Waals surface area contributed by atoms with Gasteiger partial charge in [0.25, 0.3) is 0 Å². The van der Waals surface area contributed by atoms with Crippen LogP contribution in [-0.4, -0.2) is 19.6 Å². The van der Waals surface area contributed by atoms with Gasteiger partial charge in [-0.25, -0.2) is 4.79 Å². The Hall–Kier alpha value is -1.35. The summed E-state index contributed by atoms with van der Waals surface area (Å²) in [5, 5.41) is 0. The third kappa shape index (κ3) is 2.72. The van der Waals surface area contributed by atoms with E-state index in [0.29, 0.717) is 11.5 Å². The topological polar surface area (TPSA) is 52.3 Å². The number of carbonyl (C=O) groups is 1. The summed E-state index contributed by atoms with van der Waals surface area (Å²) in [7, 11) is 1.42. The van der Waals surface area contributed by atoms with Crippen LogP contribution in [0.3, 0.4) is 0 Å². The van der Waals surface area contributed by atoms with Crippen molar-refractivity contribution < 1.29 is 9.53 Å². The number of hydrogen-bond acceptors (Lipinski definition) is 3. The van der Waals surface area contributed by atoms with Crippen LogP contribution in [0.4, 0.5) is 0 Å². The molecule has 0 aromatic heterocycles. The molecule has 0 bridgehead atoms. The number of carbonyl (C=O) groups excluding carboxylic acids is 1. The second kappa shape index (κ2) is 6.01. The summed E-state index contributed by atoms with van der Waals surface area (Å²) < 4.78 is 4.76. The molecule has 98 valence electrons. The second-order valence-corrected chi connectivity index (χ2v) is 4.93. The van der Waals surface area contributed by atoms with E-state index in [-0.39, 0.29) is 5.97 Å². The van der Waals surface area contributed by atoms with Gasteiger partial charge in [0.15, 0.2) is 0 Å². The summed E-state index contributed by atoms with van der Waals surface area (Å²) in [6.45, 7) is 0.756. The van der Waals surface area contributed by atoms with Crippen LogP contribution >= 0.6 is 0 Å². The van der Waals surface area contributed by atoms with Gasteiger partial charge in [0.05, 0.1) is 12.7 Å². The maximum Gasteiger partial charge on any atom is 0.337 e. The summed E-state index contributed by atoms with van der Waals surface area (Å²) >= 11 is 0. The lowest BCUT2D eigenvalue weighted by atomic mass is 9.80. The molecule has 0 saturated carbocycles. The molecule has 0 heterocycles. The third-order valence-electron chi connectivity index (χ3n) is 3.76. The molecule has 0 fully saturated rings. The van der Waals surface area contributed by atoms with E-state index in [2.05, 4.69) is 6.07 Å². The monoisotopic (exact) mass is 247 g/mol. The molecule has 0 spiro atoms. The van der Waals surface area contributed by atoms with E-state index < -0.39 is 0 Å². The first-order valence-electron chi connectivity index (χ1n) is 6.67. The van der Waals surface area contributed by atoms with Crippen LogP contribution in [0.2, 0.25) is 0 Å². The lowest BCUT2D eigenvalue weighted by Gasteiger charge is -2.25. The zero-order valence-corrected chi connectivity index (χ0v) is 10.9. The predicted molar refractivity (Wildman–Crippen MR) is 71.7 cm³/mol. The summed E-state index contributed by atoms with van der Waals surface area (Å²) in [6.07, 6.45) is 5.74. The summed E-state index contributed by atoms with van der Waals surface area (Å²) in [4.78, 5) is 11.5. The fourth-order valence-electron chi connectivity index (χ4n) is 2.82. The van der Waals surface area contributed by atoms with Crippen LogP contribution in [0.25, 0.3) is 0 Å². The van der Waals surface area contributed by atoms with Crippen molar-refractivity contribution in [2.75, 3.05) is 13.7 Å². The Labute approximate surface area is 108 Å². The lowest BCUT2D eigenvalue weighted by Crippen LogP contribution is -2.13. The minimum Gasteiger partial charge on any atom is -0.465 e. The Morgan fingerprint density at radius 2 is 2.33 bits per heavy atom. The van der Waals surface area contributed by atoms with Crippen LogP contribution in [0.5, 0.6) is 0 Å². The molecule has 1 aromatic carbocycles. The van der Waals surface area contributed by atoms with Gasteiger partial charge in [-0.1, -0.05) is 6.07 Å². The van der Waals surface area contributed by atoms with Crippen molar-refractivity contribution in [3.8, 4) is 0 Å². The van der Waals surface area contributed by atoms with Gasteiger partial charge < -0.3 is 10.5 Å². The van der Waals surface area contributed by atoms with Crippen molar-refractivity contribution >= 4 is 5.97 Å². The quantitative estimate of drug-likeness (QED) is 0.832. The number of fused-ring (bicyclic) bond motifs is 1. The third-order valence-corrected chi connectivity index (χ3v) is 3.76. The molecule has 0 unspecified atom stereocenters. The Morgan fingerprint density at radius 3 is 3.06 bits per heavy atom. The zero-order valence-electron chi connectivity index (χ0n) is 10.9. The van der Waals surface area contributed by atoms with Crippen LogP contribution < -0.4 is 5.73 Å². The van der Waals surface area contributed by atoms with Gasteiger partial charge in [-0.2, -0.15) is 0 Å². The first-order chi connectivity index (χ1) is 8.76. The average Bonchev–Trinajstić information content (AvgIpc) is 2.43. The van der Waals surface area contributed by atoms with E-state index in [0.717, 1.165) is 25.8 Å². The second-order valence-electron chi connectivity index (χ2n) is 4.93. The first kappa shape index (κ1) is 13.1. The minimum absolute atomic E-state index is 0.248. The Balaban J connectivity index is 2.22. The highest BCUT2D eigenvalue weighted by molar-refractivity contribution is 5.89. The molecule has 0 aliphatic heterocycles. The van der Waals surface area contributed by atoms with E-state index >= 15 is 0 Å². The number of ether oxygens (including phenoxy) is 1. The molecule has 2 N–H and O–H groups in total. The summed E-state index contributed by atoms with van der Waals surface area (Å²) in [5.41, 5.74) is 8.97. The van der Waals surface area contributed by atoms with Crippen molar-refractivity contribution in [1.82, 2.24) is 0 Å². The van der Waals surface area contributed by atoms with Gasteiger partial charge in [-0.15, -0.1) is 0 Å². The lowest BCUT2D eigenvalue weighted by molar-refractivity contribution is 0.0600. The Morgan fingerprint density at radius 1 is 1.50 bits per heavy atom. The fraction of sp³-hybridized carbons (Fsp3) is 0.533. The van der Waals surface area contributed by atoms with E-state index in [1.54, 1.807) is 0 Å². The van der Waals surface area contributed by atoms with Gasteiger partial charge in [-0.3, -0.25) is 0 Å². The molecule has 18 heavy (non-hydrogen) atoms. The van der Waals surface area contributed by atoms with Gasteiger partial charge >= 0.3 is 5.97 Å². The van der Waals surface area contributed by atoms with Gasteiger partial charge in [0.2, 0.25) is 0 Å². The standard InChI is InChI=1S/C15H21NO2/c1-18-15(17)13-7-8-14-11(6-3-9-16)4-2-5-12(14)10-13/h7-8,10-11H,2-6,9,16H2,1H3/t11-/m1/s1. The highest BCUT2D eigenvalue weighted by Gasteiger charge is 2.21. The molecule has 3 nitrogen and oxygen atoms in total. The fourth-order valence-corrected chi connectivity index (χ4v) is 2.82. The molecule has 1 aliphatic carbocycles. The molecular weight excluding hydrogens is 226 g/mol. The van der Waals surface area contributed by atoms with E-state index in [1.165, 1.54) is 31.1 Å². The van der Waals surface area contributed by atoms with Gasteiger partial charge in [0, 0.05) is 0 Å². The predicted octanol–water partition coefficient (Wildman–Crippen LogP) is 2.63.